The molecular weight excluding hydrogens is 462 g/mol. The third kappa shape index (κ3) is 7.74. The fraction of sp³-hybridized carbons (Fsp3) is 0.480. The van der Waals surface area contributed by atoms with Crippen molar-refractivity contribution >= 4 is 16.5 Å². The van der Waals surface area contributed by atoms with Crippen LogP contribution in [0.4, 0.5) is 8.78 Å². The van der Waals surface area contributed by atoms with Gasteiger partial charge in [-0.2, -0.15) is 10.6 Å². The monoisotopic (exact) mass is 496 g/mol. The van der Waals surface area contributed by atoms with Gasteiger partial charge in [-0.1, -0.05) is 31.2 Å². The van der Waals surface area contributed by atoms with Crippen molar-refractivity contribution in [3.63, 3.8) is 0 Å². The molecule has 5 N–H and O–H groups in total. The average molecular weight is 497 g/mol. The van der Waals surface area contributed by atoms with Crippen molar-refractivity contribution in [2.45, 2.75) is 63.0 Å². The van der Waals surface area contributed by atoms with Crippen LogP contribution in [0.2, 0.25) is 0 Å². The molecule has 1 unspecified atom stereocenters. The first-order valence-corrected chi connectivity index (χ1v) is 13.4. The van der Waals surface area contributed by atoms with Gasteiger partial charge >= 0.3 is 0 Å². The molecule has 2 aromatic rings. The third-order valence-electron chi connectivity index (χ3n) is 6.19. The number of benzene rings is 2. The lowest BCUT2D eigenvalue weighted by Crippen LogP contribution is -2.49. The van der Waals surface area contributed by atoms with Crippen LogP contribution < -0.4 is 10.6 Å². The Morgan fingerprint density at radius 3 is 2.47 bits per heavy atom. The highest BCUT2D eigenvalue weighted by Crippen LogP contribution is 2.53. The molecule has 1 saturated heterocycles. The first kappa shape index (κ1) is 26.6. The van der Waals surface area contributed by atoms with Crippen molar-refractivity contribution in [1.29, 1.82) is 0 Å². The molecule has 6 nitrogen and oxygen atoms in total. The normalized spacial score (nSPS) is 20.0. The second-order valence-electron chi connectivity index (χ2n) is 8.92. The summed E-state index contributed by atoms with van der Waals surface area (Å²) in [6.07, 6.45) is 1.04. The first-order valence-electron chi connectivity index (χ1n) is 11.6. The van der Waals surface area contributed by atoms with E-state index in [4.69, 9.17) is 0 Å². The quantitative estimate of drug-likeness (QED) is 0.324. The van der Waals surface area contributed by atoms with Gasteiger partial charge in [0.15, 0.2) is 0 Å². The average Bonchev–Trinajstić information content (AvgIpc) is 3.10. The van der Waals surface area contributed by atoms with Gasteiger partial charge in [0.2, 0.25) is 5.91 Å². The Morgan fingerprint density at radius 2 is 1.82 bits per heavy atom. The molecule has 0 aromatic heterocycles. The van der Waals surface area contributed by atoms with Gasteiger partial charge < -0.3 is 15.7 Å². The van der Waals surface area contributed by atoms with E-state index < -0.39 is 45.5 Å². The number of nitrogens with one attached hydrogen (secondary N) is 2. The van der Waals surface area contributed by atoms with Crippen molar-refractivity contribution in [1.82, 2.24) is 10.6 Å². The number of halogens is 2. The Bertz CT molecular complexity index is 955. The molecule has 0 radical (unpaired) electrons. The van der Waals surface area contributed by atoms with Gasteiger partial charge in [0.1, 0.15) is 11.6 Å². The third-order valence-corrected chi connectivity index (χ3v) is 8.55. The van der Waals surface area contributed by atoms with E-state index in [1.807, 2.05) is 18.2 Å². The Labute approximate surface area is 201 Å². The molecule has 3 atom stereocenters. The maximum absolute atomic E-state index is 13.7. The van der Waals surface area contributed by atoms with Crippen LogP contribution in [-0.4, -0.2) is 49.8 Å². The van der Waals surface area contributed by atoms with Crippen LogP contribution in [-0.2, 0) is 24.2 Å². The molecule has 1 amide bonds. The summed E-state index contributed by atoms with van der Waals surface area (Å²) < 4.78 is 47.6. The lowest BCUT2D eigenvalue weighted by molar-refractivity contribution is -0.122. The van der Waals surface area contributed by atoms with Crippen molar-refractivity contribution in [2.24, 2.45) is 0 Å². The van der Waals surface area contributed by atoms with Crippen LogP contribution in [0.3, 0.4) is 0 Å². The first-order chi connectivity index (χ1) is 16.2. The van der Waals surface area contributed by atoms with Crippen LogP contribution in [0, 0.1) is 11.6 Å². The maximum atomic E-state index is 13.7. The Balaban J connectivity index is 1.64. The smallest absolute Gasteiger partial charge is 0.222 e. The minimum atomic E-state index is -2.79. The van der Waals surface area contributed by atoms with Crippen molar-refractivity contribution in [2.75, 3.05) is 12.3 Å². The zero-order valence-electron chi connectivity index (χ0n) is 19.3. The molecule has 0 bridgehead atoms. The summed E-state index contributed by atoms with van der Waals surface area (Å²) in [5.41, 5.74) is 2.57. The second-order valence-corrected chi connectivity index (χ2v) is 11.4. The number of aliphatic hydroxyl groups is 1. The second kappa shape index (κ2) is 12.1. The number of hydrogen-bond donors (Lipinski definition) is 5. The van der Waals surface area contributed by atoms with Crippen molar-refractivity contribution < 1.29 is 27.8 Å². The van der Waals surface area contributed by atoms with Gasteiger partial charge in [-0.15, -0.1) is 0 Å². The number of carbonyl (C=O) groups excluding carboxylic acids is 1. The van der Waals surface area contributed by atoms with Gasteiger partial charge in [-0.3, -0.25) is 13.9 Å². The number of aliphatic hydroxyl groups excluding tert-OH is 1. The molecule has 188 valence electrons. The van der Waals surface area contributed by atoms with Gasteiger partial charge in [0.25, 0.3) is 0 Å². The zero-order chi connectivity index (χ0) is 24.7. The highest BCUT2D eigenvalue weighted by Gasteiger charge is 2.34. The van der Waals surface area contributed by atoms with Crippen LogP contribution in [0.5, 0.6) is 0 Å². The lowest BCUT2D eigenvalue weighted by atomic mass is 10.00. The number of carbonyl (C=O) groups is 1. The number of rotatable bonds is 11. The van der Waals surface area contributed by atoms with E-state index >= 15 is 0 Å². The maximum Gasteiger partial charge on any atom is 0.222 e. The van der Waals surface area contributed by atoms with E-state index in [0.29, 0.717) is 30.7 Å². The fourth-order valence-electron chi connectivity index (χ4n) is 4.32. The van der Waals surface area contributed by atoms with Gasteiger partial charge in [-0.25, -0.2) is 8.78 Å². The summed E-state index contributed by atoms with van der Waals surface area (Å²) in [6.45, 7) is 2.74. The van der Waals surface area contributed by atoms with Gasteiger partial charge in [0.05, 0.1) is 17.4 Å². The van der Waals surface area contributed by atoms with Crippen LogP contribution in [0.1, 0.15) is 42.9 Å². The number of amides is 1. The standard InChI is InChI=1S/C25H34F2N2O4S/c1-2-17-5-3-6-18(9-17)15-28-16-24(30)23(12-19-10-20(26)13-21(27)11-19)29-25(31)14-22-7-4-8-34(22,32)33/h3,5-6,9-11,13,22-24,28,30,32-33H,2,4,7-8,12,14-16H2,1H3,(H,29,31)/t22?,23-,24-/m0/s1. The largest absolute Gasteiger partial charge is 0.390 e. The summed E-state index contributed by atoms with van der Waals surface area (Å²) in [6, 6.07) is 10.4. The minimum absolute atomic E-state index is 0.0233. The van der Waals surface area contributed by atoms with E-state index in [0.717, 1.165) is 18.1 Å². The summed E-state index contributed by atoms with van der Waals surface area (Å²) in [5.74, 6) is -1.60. The number of hydrogen-bond acceptors (Lipinski definition) is 5. The fourth-order valence-corrected chi connectivity index (χ4v) is 6.21. The molecule has 2 aromatic carbocycles. The molecular formula is C25H34F2N2O4S. The molecule has 0 saturated carbocycles. The topological polar surface area (TPSA) is 102 Å². The molecule has 9 heteroatoms. The van der Waals surface area contributed by atoms with Crippen LogP contribution in [0.15, 0.2) is 42.5 Å². The SMILES string of the molecule is CCc1cccc(CNC[C@H](O)[C@H](Cc2cc(F)cc(F)c2)NC(=O)CC2CCCS2(O)O)c1. The predicted octanol–water partition coefficient (Wildman–Crippen LogP) is 4.01. The molecule has 34 heavy (non-hydrogen) atoms. The van der Waals surface area contributed by atoms with E-state index in [2.05, 4.69) is 23.6 Å². The van der Waals surface area contributed by atoms with E-state index in [-0.39, 0.29) is 19.4 Å². The molecule has 1 heterocycles. The highest BCUT2D eigenvalue weighted by molar-refractivity contribution is 8.25. The summed E-state index contributed by atoms with van der Waals surface area (Å²) in [4.78, 5) is 12.7. The van der Waals surface area contributed by atoms with Crippen molar-refractivity contribution in [3.8, 4) is 0 Å². The zero-order valence-corrected chi connectivity index (χ0v) is 20.2. The minimum Gasteiger partial charge on any atom is -0.390 e. The van der Waals surface area contributed by atoms with Crippen LogP contribution in [0.25, 0.3) is 0 Å². The predicted molar refractivity (Wildman–Crippen MR) is 131 cm³/mol. The number of aryl methyl sites for hydroxylation is 1. The molecule has 0 aliphatic carbocycles. The van der Waals surface area contributed by atoms with Gasteiger partial charge in [0, 0.05) is 31.3 Å². The molecule has 3 rings (SSSR count). The van der Waals surface area contributed by atoms with Crippen LogP contribution >= 0.6 is 10.6 Å². The molecule has 1 aliphatic rings. The summed E-state index contributed by atoms with van der Waals surface area (Å²) in [7, 11) is -2.79. The van der Waals surface area contributed by atoms with Gasteiger partial charge in [-0.05, 0) is 54.5 Å². The van der Waals surface area contributed by atoms with E-state index in [1.54, 1.807) is 0 Å². The molecule has 1 aliphatic heterocycles. The molecule has 1 fully saturated rings. The Kier molecular flexibility index (Phi) is 9.44. The van der Waals surface area contributed by atoms with Crippen molar-refractivity contribution in [3.05, 3.63) is 70.8 Å². The summed E-state index contributed by atoms with van der Waals surface area (Å²) >= 11 is 0. The Morgan fingerprint density at radius 1 is 1.12 bits per heavy atom. The molecule has 0 spiro atoms. The lowest BCUT2D eigenvalue weighted by Gasteiger charge is -2.34. The van der Waals surface area contributed by atoms with E-state index in [1.165, 1.54) is 17.7 Å². The Hall–Kier alpha value is -2.04. The highest BCUT2D eigenvalue weighted by atomic mass is 32.3. The summed E-state index contributed by atoms with van der Waals surface area (Å²) in [5, 5.41) is 16.3. The van der Waals surface area contributed by atoms with E-state index in [9.17, 15) is 27.8 Å².